The van der Waals surface area contributed by atoms with Crippen molar-refractivity contribution in [2.24, 2.45) is 5.92 Å². The number of hydrogen-bond donors (Lipinski definition) is 0. The van der Waals surface area contributed by atoms with Gasteiger partial charge in [0.15, 0.2) is 11.6 Å². The summed E-state index contributed by atoms with van der Waals surface area (Å²) in [5.41, 5.74) is 1.37. The molecule has 2 unspecified atom stereocenters. The first kappa shape index (κ1) is 15.5. The van der Waals surface area contributed by atoms with Crippen molar-refractivity contribution < 1.29 is 23.0 Å². The molecule has 21 heavy (non-hydrogen) atoms. The lowest BCUT2D eigenvalue weighted by atomic mass is 9.88. The highest BCUT2D eigenvalue weighted by Crippen LogP contribution is 2.46. The maximum absolute atomic E-state index is 13.9. The van der Waals surface area contributed by atoms with Crippen LogP contribution in [0.1, 0.15) is 31.2 Å². The van der Waals surface area contributed by atoms with Crippen molar-refractivity contribution in [1.29, 1.82) is 0 Å². The molecule has 0 radical (unpaired) electrons. The van der Waals surface area contributed by atoms with Gasteiger partial charge in [0.05, 0.1) is 19.6 Å². The summed E-state index contributed by atoms with van der Waals surface area (Å²) in [6.07, 6.45) is 1.02. The Labute approximate surface area is 122 Å². The highest BCUT2D eigenvalue weighted by atomic mass is 19.2. The molecule has 2 rings (SSSR count). The number of rotatable bonds is 4. The zero-order chi connectivity index (χ0) is 15.6. The average Bonchev–Trinajstić information content (AvgIpc) is 2.84. The Hall–Kier alpha value is -1.91. The van der Waals surface area contributed by atoms with Gasteiger partial charge in [-0.25, -0.2) is 4.39 Å². The minimum Gasteiger partial charge on any atom is -0.493 e. The van der Waals surface area contributed by atoms with Crippen LogP contribution in [-0.2, 0) is 9.53 Å². The predicted molar refractivity (Wildman–Crippen MR) is 74.1 cm³/mol. The van der Waals surface area contributed by atoms with Gasteiger partial charge in [-0.15, -0.1) is 0 Å². The number of benzene rings is 1. The topological polar surface area (TPSA) is 35.5 Å². The number of halogens is 2. The molecule has 0 aromatic heterocycles. The monoisotopic (exact) mass is 296 g/mol. The minimum atomic E-state index is -1.03. The third kappa shape index (κ3) is 2.91. The molecule has 0 N–H and O–H groups in total. The van der Waals surface area contributed by atoms with Crippen molar-refractivity contribution in [2.45, 2.75) is 25.7 Å². The van der Waals surface area contributed by atoms with Crippen molar-refractivity contribution in [3.63, 3.8) is 0 Å². The molecule has 1 aromatic carbocycles. The molecule has 1 aromatic rings. The maximum atomic E-state index is 13.9. The summed E-state index contributed by atoms with van der Waals surface area (Å²) in [7, 11) is 1.28. The van der Waals surface area contributed by atoms with E-state index in [2.05, 4.69) is 6.58 Å². The number of carbonyl (C=O) groups is 1. The molecular formula is C16H18F2O3. The van der Waals surface area contributed by atoms with E-state index in [0.29, 0.717) is 18.4 Å². The molecule has 1 aliphatic carbocycles. The fraction of sp³-hybridized carbons (Fsp3) is 0.438. The van der Waals surface area contributed by atoms with E-state index in [1.165, 1.54) is 13.2 Å². The summed E-state index contributed by atoms with van der Waals surface area (Å²) in [6, 6.07) is 2.52. The van der Waals surface area contributed by atoms with Crippen LogP contribution < -0.4 is 4.74 Å². The highest BCUT2D eigenvalue weighted by Gasteiger charge is 2.39. The Bertz CT molecular complexity index is 569. The van der Waals surface area contributed by atoms with E-state index < -0.39 is 17.6 Å². The van der Waals surface area contributed by atoms with Gasteiger partial charge in [0, 0.05) is 11.5 Å². The van der Waals surface area contributed by atoms with Gasteiger partial charge in [0.25, 0.3) is 0 Å². The van der Waals surface area contributed by atoms with Crippen LogP contribution in [0.2, 0.25) is 0 Å². The van der Waals surface area contributed by atoms with Gasteiger partial charge in [-0.05, 0) is 25.8 Å². The van der Waals surface area contributed by atoms with E-state index in [1.54, 1.807) is 6.92 Å². The Kier molecular flexibility index (Phi) is 4.60. The van der Waals surface area contributed by atoms with Gasteiger partial charge in [0.2, 0.25) is 5.82 Å². The first-order valence-electron chi connectivity index (χ1n) is 6.84. The summed E-state index contributed by atoms with van der Waals surface area (Å²) < 4.78 is 37.2. The molecule has 1 aliphatic rings. The van der Waals surface area contributed by atoms with Crippen molar-refractivity contribution in [3.05, 3.63) is 41.5 Å². The molecule has 0 amide bonds. The maximum Gasteiger partial charge on any atom is 0.309 e. The van der Waals surface area contributed by atoms with Gasteiger partial charge in [-0.3, -0.25) is 4.79 Å². The van der Waals surface area contributed by atoms with Crippen LogP contribution in [0.15, 0.2) is 24.3 Å². The lowest BCUT2D eigenvalue weighted by Crippen LogP contribution is -2.21. The fourth-order valence-electron chi connectivity index (χ4n) is 2.86. The van der Waals surface area contributed by atoms with Gasteiger partial charge in [-0.2, -0.15) is 4.39 Å². The molecular weight excluding hydrogens is 278 g/mol. The van der Waals surface area contributed by atoms with Gasteiger partial charge < -0.3 is 9.47 Å². The van der Waals surface area contributed by atoms with E-state index >= 15 is 0 Å². The van der Waals surface area contributed by atoms with Crippen molar-refractivity contribution in [3.8, 4) is 5.75 Å². The number of carbonyl (C=O) groups excluding carboxylic acids is 1. The zero-order valence-corrected chi connectivity index (χ0v) is 12.1. The summed E-state index contributed by atoms with van der Waals surface area (Å²) in [6.45, 7) is 5.91. The molecule has 1 fully saturated rings. The molecule has 0 aliphatic heterocycles. The quantitative estimate of drug-likeness (QED) is 0.629. The van der Waals surface area contributed by atoms with E-state index in [9.17, 15) is 13.6 Å². The SMILES string of the molecule is C=C1CC(C(=O)OCC)C(c2ccc(F)c(F)c2OC)C1. The van der Waals surface area contributed by atoms with E-state index in [-0.39, 0.29) is 24.2 Å². The van der Waals surface area contributed by atoms with Crippen LogP contribution in [0, 0.1) is 17.6 Å². The lowest BCUT2D eigenvalue weighted by Gasteiger charge is -2.20. The smallest absolute Gasteiger partial charge is 0.309 e. The van der Waals surface area contributed by atoms with Crippen LogP contribution in [0.3, 0.4) is 0 Å². The Morgan fingerprint density at radius 1 is 1.38 bits per heavy atom. The van der Waals surface area contributed by atoms with E-state index in [0.717, 1.165) is 11.6 Å². The third-order valence-corrected chi connectivity index (χ3v) is 3.78. The molecule has 5 heteroatoms. The third-order valence-electron chi connectivity index (χ3n) is 3.78. The normalized spacial score (nSPS) is 21.4. The van der Waals surface area contributed by atoms with Crippen LogP contribution in [-0.4, -0.2) is 19.7 Å². The molecule has 0 heterocycles. The number of methoxy groups -OCH3 is 1. The Morgan fingerprint density at radius 3 is 2.71 bits per heavy atom. The first-order chi connectivity index (χ1) is 9.99. The average molecular weight is 296 g/mol. The minimum absolute atomic E-state index is 0.149. The number of hydrogen-bond acceptors (Lipinski definition) is 3. The lowest BCUT2D eigenvalue weighted by molar-refractivity contribution is -0.148. The van der Waals surface area contributed by atoms with Crippen LogP contribution >= 0.6 is 0 Å². The van der Waals surface area contributed by atoms with Crippen LogP contribution in [0.25, 0.3) is 0 Å². The largest absolute Gasteiger partial charge is 0.493 e. The summed E-state index contributed by atoms with van der Waals surface area (Å²) in [4.78, 5) is 12.1. The summed E-state index contributed by atoms with van der Waals surface area (Å²) >= 11 is 0. The predicted octanol–water partition coefficient (Wildman–Crippen LogP) is 3.59. The van der Waals surface area contributed by atoms with Crippen molar-refractivity contribution in [1.82, 2.24) is 0 Å². The van der Waals surface area contributed by atoms with Crippen LogP contribution in [0.4, 0.5) is 8.78 Å². The summed E-state index contributed by atoms with van der Waals surface area (Å²) in [5.74, 6) is -3.23. The number of allylic oxidation sites excluding steroid dienone is 1. The number of esters is 1. The Balaban J connectivity index is 2.41. The van der Waals surface area contributed by atoms with Gasteiger partial charge >= 0.3 is 5.97 Å². The second kappa shape index (κ2) is 6.24. The van der Waals surface area contributed by atoms with E-state index in [4.69, 9.17) is 9.47 Å². The second-order valence-electron chi connectivity index (χ2n) is 5.11. The number of ether oxygens (including phenoxy) is 2. The molecule has 0 bridgehead atoms. The Morgan fingerprint density at radius 2 is 2.10 bits per heavy atom. The standard InChI is InChI=1S/C16H18F2O3/c1-4-21-16(19)12-8-9(2)7-11(12)10-5-6-13(17)14(18)15(10)20-3/h5-6,11-12H,2,4,7-8H2,1,3H3. The highest BCUT2D eigenvalue weighted by molar-refractivity contribution is 5.75. The van der Waals surface area contributed by atoms with Crippen LogP contribution in [0.5, 0.6) is 5.75 Å². The van der Waals surface area contributed by atoms with Gasteiger partial charge in [0.1, 0.15) is 0 Å². The molecule has 1 saturated carbocycles. The van der Waals surface area contributed by atoms with Gasteiger partial charge in [-0.1, -0.05) is 18.2 Å². The fourth-order valence-corrected chi connectivity index (χ4v) is 2.86. The van der Waals surface area contributed by atoms with Crippen molar-refractivity contribution in [2.75, 3.05) is 13.7 Å². The second-order valence-corrected chi connectivity index (χ2v) is 5.11. The molecule has 114 valence electrons. The molecule has 0 spiro atoms. The molecule has 0 saturated heterocycles. The molecule has 3 nitrogen and oxygen atoms in total. The molecule has 2 atom stereocenters. The summed E-state index contributed by atoms with van der Waals surface area (Å²) in [5, 5.41) is 0. The zero-order valence-electron chi connectivity index (χ0n) is 12.1. The van der Waals surface area contributed by atoms with E-state index in [1.807, 2.05) is 0 Å². The first-order valence-corrected chi connectivity index (χ1v) is 6.84. The van der Waals surface area contributed by atoms with Crippen molar-refractivity contribution >= 4 is 5.97 Å².